The van der Waals surface area contributed by atoms with Crippen molar-refractivity contribution < 1.29 is 0 Å². The first-order chi connectivity index (χ1) is 15.5. The van der Waals surface area contributed by atoms with Gasteiger partial charge in [-0.1, -0.05) is 92.8 Å². The van der Waals surface area contributed by atoms with E-state index in [0.29, 0.717) is 0 Å². The van der Waals surface area contributed by atoms with Gasteiger partial charge >= 0.3 is 0 Å². The number of para-hydroxylation sites is 1. The van der Waals surface area contributed by atoms with Gasteiger partial charge in [0, 0.05) is 17.5 Å². The summed E-state index contributed by atoms with van der Waals surface area (Å²) in [4.78, 5) is 2.40. The maximum Gasteiger partial charge on any atom is 0.0560 e. The Morgan fingerprint density at radius 3 is 2.50 bits per heavy atom. The Bertz CT molecular complexity index is 1170. The van der Waals surface area contributed by atoms with Crippen molar-refractivity contribution in [3.8, 4) is 0 Å². The molecule has 1 unspecified atom stereocenters. The first kappa shape index (κ1) is 21.9. The summed E-state index contributed by atoms with van der Waals surface area (Å²) in [5.74, 6) is 0. The summed E-state index contributed by atoms with van der Waals surface area (Å²) < 4.78 is 0. The Morgan fingerprint density at radius 1 is 1.03 bits per heavy atom. The van der Waals surface area contributed by atoms with Crippen LogP contribution >= 0.6 is 0 Å². The lowest BCUT2D eigenvalue weighted by molar-refractivity contribution is 0.772. The van der Waals surface area contributed by atoms with Crippen LogP contribution in [0.2, 0.25) is 0 Å². The van der Waals surface area contributed by atoms with Crippen LogP contribution in [0.3, 0.4) is 0 Å². The molecular weight excluding hydrogens is 386 g/mol. The molecule has 0 aromatic heterocycles. The topological polar surface area (TPSA) is 3.24 Å². The van der Waals surface area contributed by atoms with Gasteiger partial charge in [-0.2, -0.15) is 0 Å². The molecule has 162 valence electrons. The summed E-state index contributed by atoms with van der Waals surface area (Å²) in [7, 11) is 0. The molecule has 1 heteroatoms. The standard InChI is InChI=1S/C31H33N/c1-6-12-25-13-7-8-17-30(25)28-19-20-32(27-15-11-14-26(21-27)22(2)3)31-18-10-9-16-29(31)24(5)23(28)4/h7-11,13-14,16-21,27H,2,5-6,12,15H2,1,3-4H3/b20-19-,28-23+. The Kier molecular flexibility index (Phi) is 6.46. The van der Waals surface area contributed by atoms with E-state index in [1.54, 1.807) is 0 Å². The highest BCUT2D eigenvalue weighted by Gasteiger charge is 2.23. The lowest BCUT2D eigenvalue weighted by Gasteiger charge is -2.34. The molecule has 1 aliphatic carbocycles. The number of allylic oxidation sites excluding steroid dienone is 7. The van der Waals surface area contributed by atoms with E-state index in [-0.39, 0.29) is 6.04 Å². The van der Waals surface area contributed by atoms with Crippen LogP contribution in [0.1, 0.15) is 50.3 Å². The molecule has 0 N–H and O–H groups in total. The van der Waals surface area contributed by atoms with E-state index in [1.807, 2.05) is 0 Å². The molecule has 0 bridgehead atoms. The minimum absolute atomic E-state index is 0.238. The van der Waals surface area contributed by atoms with Gasteiger partial charge in [0.25, 0.3) is 0 Å². The average molecular weight is 420 g/mol. The van der Waals surface area contributed by atoms with Gasteiger partial charge in [0.05, 0.1) is 6.04 Å². The Balaban J connectivity index is 1.88. The summed E-state index contributed by atoms with van der Waals surface area (Å²) in [6.45, 7) is 15.2. The molecular formula is C31H33N. The molecule has 2 aromatic rings. The number of nitrogens with zero attached hydrogens (tertiary/aromatic N) is 1. The van der Waals surface area contributed by atoms with Gasteiger partial charge in [-0.05, 0) is 72.3 Å². The predicted octanol–water partition coefficient (Wildman–Crippen LogP) is 8.29. The van der Waals surface area contributed by atoms with Gasteiger partial charge in [-0.3, -0.25) is 0 Å². The lowest BCUT2D eigenvalue weighted by atomic mass is 9.87. The molecule has 0 saturated heterocycles. The molecule has 0 spiro atoms. The van der Waals surface area contributed by atoms with Crippen LogP contribution in [0.5, 0.6) is 0 Å². The molecule has 1 heterocycles. The predicted molar refractivity (Wildman–Crippen MR) is 141 cm³/mol. The smallest absolute Gasteiger partial charge is 0.0560 e. The van der Waals surface area contributed by atoms with Crippen LogP contribution in [0.15, 0.2) is 109 Å². The van der Waals surface area contributed by atoms with Crippen molar-refractivity contribution in [2.45, 2.75) is 46.1 Å². The zero-order valence-electron chi connectivity index (χ0n) is 19.6. The number of fused-ring (bicyclic) bond motifs is 1. The number of hydrogen-bond acceptors (Lipinski definition) is 1. The summed E-state index contributed by atoms with van der Waals surface area (Å²) in [6, 6.07) is 17.7. The number of aryl methyl sites for hydroxylation is 1. The zero-order valence-corrected chi connectivity index (χ0v) is 19.6. The van der Waals surface area contributed by atoms with Crippen molar-refractivity contribution in [1.82, 2.24) is 0 Å². The fourth-order valence-electron chi connectivity index (χ4n) is 4.67. The second-order valence-corrected chi connectivity index (χ2v) is 8.77. The second kappa shape index (κ2) is 9.44. The van der Waals surface area contributed by atoms with Crippen molar-refractivity contribution in [3.05, 3.63) is 126 Å². The molecule has 0 radical (unpaired) electrons. The monoisotopic (exact) mass is 419 g/mol. The van der Waals surface area contributed by atoms with Crippen molar-refractivity contribution in [2.75, 3.05) is 4.90 Å². The van der Waals surface area contributed by atoms with E-state index in [1.165, 1.54) is 39.1 Å². The molecule has 32 heavy (non-hydrogen) atoms. The third-order valence-electron chi connectivity index (χ3n) is 6.49. The molecule has 2 aliphatic rings. The molecule has 1 aliphatic heterocycles. The van der Waals surface area contributed by atoms with E-state index >= 15 is 0 Å². The number of rotatable bonds is 5. The SMILES string of the molecule is C=C(C)C1=CC(N2/C=C\C(c3ccccc3CCC)=C(\C)C(=C)c3ccccc32)CC=C1. The van der Waals surface area contributed by atoms with Gasteiger partial charge in [0.15, 0.2) is 0 Å². The molecule has 2 aromatic carbocycles. The third kappa shape index (κ3) is 4.21. The molecule has 1 nitrogen and oxygen atoms in total. The highest BCUT2D eigenvalue weighted by Crippen LogP contribution is 2.39. The van der Waals surface area contributed by atoms with Gasteiger partial charge in [0.1, 0.15) is 0 Å². The summed E-state index contributed by atoms with van der Waals surface area (Å²) in [5.41, 5.74) is 11.0. The van der Waals surface area contributed by atoms with E-state index in [0.717, 1.165) is 30.4 Å². The zero-order chi connectivity index (χ0) is 22.7. The summed E-state index contributed by atoms with van der Waals surface area (Å²) >= 11 is 0. The molecule has 0 fully saturated rings. The summed E-state index contributed by atoms with van der Waals surface area (Å²) in [5, 5.41) is 0. The molecule has 0 amide bonds. The average Bonchev–Trinajstić information content (AvgIpc) is 2.81. The Labute approximate surface area is 193 Å². The molecule has 4 rings (SSSR count). The fraction of sp³-hybridized carbons (Fsp3) is 0.226. The van der Waals surface area contributed by atoms with Crippen LogP contribution in [0, 0.1) is 0 Å². The first-order valence-electron chi connectivity index (χ1n) is 11.6. The van der Waals surface area contributed by atoms with Crippen LogP contribution in [0.25, 0.3) is 11.1 Å². The highest BCUT2D eigenvalue weighted by molar-refractivity contribution is 5.96. The quantitative estimate of drug-likeness (QED) is 0.471. The fourth-order valence-corrected chi connectivity index (χ4v) is 4.67. The number of anilines is 1. The van der Waals surface area contributed by atoms with Crippen molar-refractivity contribution in [1.29, 1.82) is 0 Å². The van der Waals surface area contributed by atoms with Gasteiger partial charge in [0.2, 0.25) is 0 Å². The van der Waals surface area contributed by atoms with E-state index in [4.69, 9.17) is 0 Å². The number of benzene rings is 2. The maximum atomic E-state index is 4.55. The van der Waals surface area contributed by atoms with Crippen LogP contribution in [-0.2, 0) is 6.42 Å². The molecule has 1 atom stereocenters. The van der Waals surface area contributed by atoms with E-state index in [2.05, 4.69) is 118 Å². The lowest BCUT2D eigenvalue weighted by Crippen LogP contribution is -2.31. The van der Waals surface area contributed by atoms with Gasteiger partial charge < -0.3 is 4.90 Å². The summed E-state index contributed by atoms with van der Waals surface area (Å²) in [6.07, 6.45) is 14.5. The van der Waals surface area contributed by atoms with Crippen molar-refractivity contribution in [2.24, 2.45) is 0 Å². The maximum absolute atomic E-state index is 4.55. The third-order valence-corrected chi connectivity index (χ3v) is 6.49. The Hall–Kier alpha value is -3.32. The largest absolute Gasteiger partial charge is 0.340 e. The van der Waals surface area contributed by atoms with Crippen molar-refractivity contribution >= 4 is 16.8 Å². The van der Waals surface area contributed by atoms with E-state index < -0.39 is 0 Å². The number of hydrogen-bond donors (Lipinski definition) is 0. The van der Waals surface area contributed by atoms with Gasteiger partial charge in [-0.25, -0.2) is 0 Å². The minimum atomic E-state index is 0.238. The van der Waals surface area contributed by atoms with Crippen LogP contribution in [0.4, 0.5) is 5.69 Å². The second-order valence-electron chi connectivity index (χ2n) is 8.77. The normalized spacial score (nSPS) is 21.5. The van der Waals surface area contributed by atoms with Gasteiger partial charge in [-0.15, -0.1) is 0 Å². The highest BCUT2D eigenvalue weighted by atomic mass is 15.1. The molecule has 0 saturated carbocycles. The van der Waals surface area contributed by atoms with Crippen LogP contribution < -0.4 is 4.90 Å². The Morgan fingerprint density at radius 2 is 1.75 bits per heavy atom. The minimum Gasteiger partial charge on any atom is -0.340 e. The van der Waals surface area contributed by atoms with E-state index in [9.17, 15) is 0 Å². The van der Waals surface area contributed by atoms with Crippen molar-refractivity contribution in [3.63, 3.8) is 0 Å². The first-order valence-corrected chi connectivity index (χ1v) is 11.6. The van der Waals surface area contributed by atoms with Crippen LogP contribution in [-0.4, -0.2) is 6.04 Å².